The summed E-state index contributed by atoms with van der Waals surface area (Å²) in [6.45, 7) is 9.99. The van der Waals surface area contributed by atoms with Crippen molar-refractivity contribution in [2.24, 2.45) is 18.4 Å². The van der Waals surface area contributed by atoms with Gasteiger partial charge in [0.1, 0.15) is 0 Å². The van der Waals surface area contributed by atoms with Crippen molar-refractivity contribution in [1.29, 1.82) is 0 Å². The van der Waals surface area contributed by atoms with Crippen LogP contribution in [0, 0.1) is 18.3 Å². The summed E-state index contributed by atoms with van der Waals surface area (Å²) in [6, 6.07) is 14.4. The van der Waals surface area contributed by atoms with Gasteiger partial charge in [-0.2, -0.15) is 0 Å². The fourth-order valence-corrected chi connectivity index (χ4v) is 5.50. The van der Waals surface area contributed by atoms with Gasteiger partial charge in [0.2, 0.25) is 5.95 Å². The lowest BCUT2D eigenvalue weighted by Gasteiger charge is -2.41. The quantitative estimate of drug-likeness (QED) is 0.411. The summed E-state index contributed by atoms with van der Waals surface area (Å²) >= 11 is 0. The normalized spacial score (nSPS) is 18.1. The number of amides is 1. The first-order valence-corrected chi connectivity index (χ1v) is 13.3. The Labute approximate surface area is 219 Å². The Balaban J connectivity index is 1.57. The molecule has 0 bridgehead atoms. The van der Waals surface area contributed by atoms with Crippen molar-refractivity contribution in [2.45, 2.75) is 72.4 Å². The number of hydrogen-bond donors (Lipinski definition) is 2. The maximum atomic E-state index is 12.4. The Morgan fingerprint density at radius 1 is 1.08 bits per heavy atom. The maximum Gasteiger partial charge on any atom is 0.305 e. The number of imidazole rings is 1. The molecule has 0 atom stereocenters. The van der Waals surface area contributed by atoms with E-state index in [9.17, 15) is 9.59 Å². The van der Waals surface area contributed by atoms with Crippen molar-refractivity contribution in [1.82, 2.24) is 14.9 Å². The molecule has 37 heavy (non-hydrogen) atoms. The molecule has 0 radical (unpaired) electrons. The van der Waals surface area contributed by atoms with Gasteiger partial charge in [0.15, 0.2) is 0 Å². The number of aryl methyl sites for hydroxylation is 2. The molecular weight excluding hydrogens is 464 g/mol. The van der Waals surface area contributed by atoms with Crippen molar-refractivity contribution in [3.8, 4) is 0 Å². The smallest absolute Gasteiger partial charge is 0.305 e. The van der Waals surface area contributed by atoms with Gasteiger partial charge in [-0.3, -0.25) is 9.59 Å². The first kappa shape index (κ1) is 26.7. The number of carboxylic acids is 1. The Bertz CT molecular complexity index is 1250. The van der Waals surface area contributed by atoms with Crippen molar-refractivity contribution in [2.75, 3.05) is 11.4 Å². The summed E-state index contributed by atoms with van der Waals surface area (Å²) in [5.41, 5.74) is 5.33. The van der Waals surface area contributed by atoms with Gasteiger partial charge in [0.05, 0.1) is 17.5 Å². The third-order valence-corrected chi connectivity index (χ3v) is 7.83. The van der Waals surface area contributed by atoms with Crippen molar-refractivity contribution < 1.29 is 14.7 Å². The lowest BCUT2D eigenvalue weighted by molar-refractivity contribution is -0.136. The molecule has 1 fully saturated rings. The van der Waals surface area contributed by atoms with E-state index in [4.69, 9.17) is 10.1 Å². The number of rotatable bonds is 8. The van der Waals surface area contributed by atoms with Crippen LogP contribution in [-0.2, 0) is 18.4 Å². The predicted octanol–water partition coefficient (Wildman–Crippen LogP) is 5.70. The second-order valence-corrected chi connectivity index (χ2v) is 11.6. The van der Waals surface area contributed by atoms with Crippen LogP contribution in [0.5, 0.6) is 0 Å². The number of carbonyl (C=O) groups excluding carboxylic acids is 1. The van der Waals surface area contributed by atoms with Gasteiger partial charge >= 0.3 is 5.97 Å². The SMILES string of the molecule is Cc1ccc2nc(N(Cc3ccc(C(=O)NCCC(=O)O)cc3)C3CCC(C(C)(C)C)CC3)n(C)c2c1. The number of hydrogen-bond acceptors (Lipinski definition) is 4. The topological polar surface area (TPSA) is 87.5 Å². The Morgan fingerprint density at radius 3 is 2.38 bits per heavy atom. The molecule has 7 heteroatoms. The highest BCUT2D eigenvalue weighted by molar-refractivity contribution is 5.94. The van der Waals surface area contributed by atoms with Gasteiger partial charge in [0.25, 0.3) is 5.91 Å². The molecule has 0 aliphatic heterocycles. The zero-order valence-corrected chi connectivity index (χ0v) is 22.8. The zero-order chi connectivity index (χ0) is 26.7. The van der Waals surface area contributed by atoms with E-state index in [0.29, 0.717) is 23.6 Å². The van der Waals surface area contributed by atoms with Gasteiger partial charge in [0, 0.05) is 31.7 Å². The van der Waals surface area contributed by atoms with E-state index in [1.54, 1.807) is 0 Å². The van der Waals surface area contributed by atoms with E-state index < -0.39 is 5.97 Å². The van der Waals surface area contributed by atoms with Crippen molar-refractivity contribution in [3.63, 3.8) is 0 Å². The number of benzene rings is 2. The summed E-state index contributed by atoms with van der Waals surface area (Å²) in [5.74, 6) is 0.531. The highest BCUT2D eigenvalue weighted by Gasteiger charge is 2.33. The number of anilines is 1. The number of nitrogens with one attached hydrogen (secondary N) is 1. The molecule has 3 aromatic rings. The fraction of sp³-hybridized carbons (Fsp3) is 0.500. The molecule has 0 spiro atoms. The summed E-state index contributed by atoms with van der Waals surface area (Å²) < 4.78 is 2.21. The summed E-state index contributed by atoms with van der Waals surface area (Å²) in [7, 11) is 2.10. The lowest BCUT2D eigenvalue weighted by atomic mass is 9.71. The van der Waals surface area contributed by atoms with Crippen LogP contribution in [0.15, 0.2) is 42.5 Å². The molecule has 2 aromatic carbocycles. The van der Waals surface area contributed by atoms with Crippen LogP contribution in [0.3, 0.4) is 0 Å². The minimum absolute atomic E-state index is 0.0895. The third kappa shape index (κ3) is 6.32. The van der Waals surface area contributed by atoms with E-state index in [1.165, 1.54) is 18.4 Å². The minimum Gasteiger partial charge on any atom is -0.481 e. The van der Waals surface area contributed by atoms with Gasteiger partial charge in [-0.1, -0.05) is 39.0 Å². The van der Waals surface area contributed by atoms with E-state index in [0.717, 1.165) is 41.3 Å². The van der Waals surface area contributed by atoms with Crippen LogP contribution in [0.25, 0.3) is 11.0 Å². The average molecular weight is 505 g/mol. The van der Waals surface area contributed by atoms with Crippen molar-refractivity contribution >= 4 is 28.9 Å². The summed E-state index contributed by atoms with van der Waals surface area (Å²) in [4.78, 5) is 30.6. The van der Waals surface area contributed by atoms with Gasteiger partial charge in [-0.15, -0.1) is 0 Å². The molecule has 1 saturated carbocycles. The van der Waals surface area contributed by atoms with Gasteiger partial charge < -0.3 is 19.9 Å². The van der Waals surface area contributed by atoms with Crippen LogP contribution in [0.1, 0.15) is 74.4 Å². The molecule has 2 N–H and O–H groups in total. The van der Waals surface area contributed by atoms with E-state index >= 15 is 0 Å². The number of fused-ring (bicyclic) bond motifs is 1. The standard InChI is InChI=1S/C30H40N4O3/c1-20-6-15-25-26(18-20)33(5)29(32-25)34(24-13-11-23(12-14-24)30(2,3)4)19-21-7-9-22(10-8-21)28(37)31-17-16-27(35)36/h6-10,15,18,23-24H,11-14,16-17,19H2,1-5H3,(H,31,37)(H,35,36). The number of nitrogens with zero attached hydrogens (tertiary/aromatic N) is 3. The van der Waals surface area contributed by atoms with Gasteiger partial charge in [-0.25, -0.2) is 4.98 Å². The Hall–Kier alpha value is -3.35. The molecule has 4 rings (SSSR count). The Morgan fingerprint density at radius 2 is 1.76 bits per heavy atom. The largest absolute Gasteiger partial charge is 0.481 e. The number of aromatic nitrogens is 2. The fourth-order valence-electron chi connectivity index (χ4n) is 5.50. The average Bonchev–Trinajstić information content (AvgIpc) is 3.17. The van der Waals surface area contributed by atoms with E-state index in [2.05, 4.69) is 67.7 Å². The molecule has 7 nitrogen and oxygen atoms in total. The molecule has 198 valence electrons. The molecule has 1 amide bonds. The molecular formula is C30H40N4O3. The second-order valence-electron chi connectivity index (χ2n) is 11.6. The highest BCUT2D eigenvalue weighted by Crippen LogP contribution is 2.40. The monoisotopic (exact) mass is 504 g/mol. The first-order valence-electron chi connectivity index (χ1n) is 13.3. The Kier molecular flexibility index (Phi) is 7.90. The number of aliphatic carboxylic acids is 1. The minimum atomic E-state index is -0.927. The maximum absolute atomic E-state index is 12.4. The molecule has 1 aliphatic carbocycles. The third-order valence-electron chi connectivity index (χ3n) is 7.83. The number of carbonyl (C=O) groups is 2. The van der Waals surface area contributed by atoms with Crippen LogP contribution in [0.2, 0.25) is 0 Å². The molecule has 1 heterocycles. The zero-order valence-electron chi connectivity index (χ0n) is 22.8. The molecule has 0 unspecified atom stereocenters. The summed E-state index contributed by atoms with van der Waals surface area (Å²) in [6.07, 6.45) is 4.60. The summed E-state index contributed by atoms with van der Waals surface area (Å²) in [5, 5.41) is 11.5. The highest BCUT2D eigenvalue weighted by atomic mass is 16.4. The van der Waals surface area contributed by atoms with Crippen LogP contribution < -0.4 is 10.2 Å². The van der Waals surface area contributed by atoms with E-state index in [-0.39, 0.29) is 18.9 Å². The first-order chi connectivity index (χ1) is 17.5. The van der Waals surface area contributed by atoms with E-state index in [1.807, 2.05) is 24.3 Å². The second kappa shape index (κ2) is 11.0. The van der Waals surface area contributed by atoms with Gasteiger partial charge in [-0.05, 0) is 79.3 Å². The molecule has 1 aromatic heterocycles. The van der Waals surface area contributed by atoms with Crippen molar-refractivity contribution in [3.05, 3.63) is 59.2 Å². The lowest BCUT2D eigenvalue weighted by Crippen LogP contribution is -2.41. The van der Waals surface area contributed by atoms with Crippen LogP contribution in [-0.4, -0.2) is 39.1 Å². The van der Waals surface area contributed by atoms with Crippen LogP contribution in [0.4, 0.5) is 5.95 Å². The molecule has 1 aliphatic rings. The van der Waals surface area contributed by atoms with Crippen LogP contribution >= 0.6 is 0 Å². The molecule has 0 saturated heterocycles. The predicted molar refractivity (Wildman–Crippen MR) is 148 cm³/mol. The number of carboxylic acid groups (broad SMARTS) is 1.